The number of aromatic nitrogens is 1. The fraction of sp³-hybridized carbons (Fsp3) is 0.500. The summed E-state index contributed by atoms with van der Waals surface area (Å²) in [5.41, 5.74) is 1.30. The van der Waals surface area contributed by atoms with Crippen LogP contribution in [0.15, 0.2) is 28.8 Å². The number of likely N-dealkylation sites (tertiary alicyclic amines) is 1. The van der Waals surface area contributed by atoms with Gasteiger partial charge in [0.15, 0.2) is 0 Å². The maximum Gasteiger partial charge on any atom is 0.257 e. The van der Waals surface area contributed by atoms with E-state index in [4.69, 9.17) is 4.42 Å². The monoisotopic (exact) mass is 396 g/mol. The number of hydrogen-bond acceptors (Lipinski definition) is 5. The van der Waals surface area contributed by atoms with Gasteiger partial charge >= 0.3 is 0 Å². The number of nitrogens with zero attached hydrogens (tertiary/aromatic N) is 4. The predicted molar refractivity (Wildman–Crippen MR) is 110 cm³/mol. The van der Waals surface area contributed by atoms with E-state index in [1.807, 2.05) is 41.8 Å². The van der Waals surface area contributed by atoms with Gasteiger partial charge in [-0.1, -0.05) is 0 Å². The van der Waals surface area contributed by atoms with E-state index in [0.29, 0.717) is 36.5 Å². The molecule has 2 aromatic rings. The number of pyridine rings is 1. The molecule has 2 aliphatic heterocycles. The van der Waals surface area contributed by atoms with Crippen molar-refractivity contribution in [2.45, 2.75) is 33.1 Å². The van der Waals surface area contributed by atoms with Crippen molar-refractivity contribution < 1.29 is 14.0 Å². The maximum absolute atomic E-state index is 13.0. The molecule has 7 heteroatoms. The van der Waals surface area contributed by atoms with E-state index in [0.717, 1.165) is 50.5 Å². The van der Waals surface area contributed by atoms with Crippen LogP contribution in [0.1, 0.15) is 51.5 Å². The molecule has 4 rings (SSSR count). The highest BCUT2D eigenvalue weighted by Crippen LogP contribution is 2.23. The highest BCUT2D eigenvalue weighted by Gasteiger charge is 2.27. The number of carbonyl (C=O) groups is 2. The van der Waals surface area contributed by atoms with Crippen molar-refractivity contribution in [2.24, 2.45) is 0 Å². The van der Waals surface area contributed by atoms with Gasteiger partial charge in [0, 0.05) is 45.5 Å². The lowest BCUT2D eigenvalue weighted by Gasteiger charge is -2.25. The van der Waals surface area contributed by atoms with Crippen LogP contribution in [0.4, 0.5) is 5.82 Å². The van der Waals surface area contributed by atoms with Crippen LogP contribution in [0.25, 0.3) is 0 Å². The maximum atomic E-state index is 13.0. The minimum Gasteiger partial charge on any atom is -0.466 e. The minimum atomic E-state index is 0.00980. The first-order valence-corrected chi connectivity index (χ1v) is 10.4. The quantitative estimate of drug-likeness (QED) is 0.798. The average molecular weight is 396 g/mol. The van der Waals surface area contributed by atoms with Crippen LogP contribution in [-0.2, 0) is 0 Å². The smallest absolute Gasteiger partial charge is 0.257 e. The largest absolute Gasteiger partial charge is 0.466 e. The van der Waals surface area contributed by atoms with E-state index in [9.17, 15) is 9.59 Å². The Hall–Kier alpha value is -2.83. The van der Waals surface area contributed by atoms with Gasteiger partial charge in [-0.3, -0.25) is 9.59 Å². The molecule has 2 saturated heterocycles. The fourth-order valence-electron chi connectivity index (χ4n) is 4.25. The molecule has 4 heterocycles. The number of anilines is 1. The number of aryl methyl sites for hydroxylation is 2. The van der Waals surface area contributed by atoms with Crippen molar-refractivity contribution in [3.05, 3.63) is 47.0 Å². The van der Waals surface area contributed by atoms with E-state index in [2.05, 4.69) is 9.88 Å². The second-order valence-corrected chi connectivity index (χ2v) is 7.83. The zero-order valence-electron chi connectivity index (χ0n) is 17.2. The first kappa shape index (κ1) is 19.5. The van der Waals surface area contributed by atoms with E-state index >= 15 is 0 Å². The molecular formula is C22H28N4O3. The molecule has 2 fully saturated rings. The van der Waals surface area contributed by atoms with Gasteiger partial charge in [-0.15, -0.1) is 0 Å². The molecule has 0 spiro atoms. The Morgan fingerprint density at radius 3 is 2.31 bits per heavy atom. The first-order valence-electron chi connectivity index (χ1n) is 10.4. The van der Waals surface area contributed by atoms with E-state index < -0.39 is 0 Å². The van der Waals surface area contributed by atoms with Crippen LogP contribution < -0.4 is 4.90 Å². The topological polar surface area (TPSA) is 69.9 Å². The van der Waals surface area contributed by atoms with Crippen LogP contribution in [0.3, 0.4) is 0 Å². The van der Waals surface area contributed by atoms with Crippen LogP contribution in [0, 0.1) is 13.8 Å². The van der Waals surface area contributed by atoms with E-state index in [1.165, 1.54) is 0 Å². The molecule has 154 valence electrons. The Morgan fingerprint density at radius 2 is 1.59 bits per heavy atom. The molecule has 2 aliphatic rings. The van der Waals surface area contributed by atoms with Crippen LogP contribution in [0.5, 0.6) is 0 Å². The second-order valence-electron chi connectivity index (χ2n) is 7.83. The van der Waals surface area contributed by atoms with Crippen molar-refractivity contribution in [3.8, 4) is 0 Å². The van der Waals surface area contributed by atoms with E-state index in [1.54, 1.807) is 6.20 Å². The van der Waals surface area contributed by atoms with Crippen LogP contribution in [-0.4, -0.2) is 65.9 Å². The normalized spacial score (nSPS) is 17.5. The molecule has 0 aliphatic carbocycles. The number of amides is 2. The standard InChI is InChI=1S/C22H28N4O3/c1-16-15-19(17(2)29-16)22(28)26-12-6-11-24(13-14-26)20-18(7-5-8-23-20)21(27)25-9-3-4-10-25/h5,7-8,15H,3-4,6,9-14H2,1-2H3. The number of hydrogen-bond donors (Lipinski definition) is 0. The van der Waals surface area contributed by atoms with E-state index in [-0.39, 0.29) is 11.8 Å². The molecule has 0 aromatic carbocycles. The minimum absolute atomic E-state index is 0.00980. The Bertz CT molecular complexity index is 901. The fourth-order valence-corrected chi connectivity index (χ4v) is 4.25. The summed E-state index contributed by atoms with van der Waals surface area (Å²) >= 11 is 0. The first-order chi connectivity index (χ1) is 14.0. The number of furan rings is 1. The summed E-state index contributed by atoms with van der Waals surface area (Å²) in [5.74, 6) is 2.22. The Morgan fingerprint density at radius 1 is 0.897 bits per heavy atom. The summed E-state index contributed by atoms with van der Waals surface area (Å²) in [6, 6.07) is 5.50. The third-order valence-electron chi connectivity index (χ3n) is 5.76. The van der Waals surface area contributed by atoms with Gasteiger partial charge in [-0.05, 0) is 51.3 Å². The highest BCUT2D eigenvalue weighted by molar-refractivity contribution is 5.99. The lowest BCUT2D eigenvalue weighted by molar-refractivity contribution is 0.0762. The lowest BCUT2D eigenvalue weighted by atomic mass is 10.2. The molecule has 2 aromatic heterocycles. The van der Waals surface area contributed by atoms with Gasteiger partial charge in [0.05, 0.1) is 11.1 Å². The predicted octanol–water partition coefficient (Wildman–Crippen LogP) is 2.88. The third kappa shape index (κ3) is 3.99. The van der Waals surface area contributed by atoms with Crippen molar-refractivity contribution in [1.82, 2.24) is 14.8 Å². The van der Waals surface area contributed by atoms with Crippen molar-refractivity contribution in [1.29, 1.82) is 0 Å². The Kier molecular flexibility index (Phi) is 5.56. The number of rotatable bonds is 3. The molecule has 0 N–H and O–H groups in total. The van der Waals surface area contributed by atoms with Crippen LogP contribution in [0.2, 0.25) is 0 Å². The summed E-state index contributed by atoms with van der Waals surface area (Å²) in [4.78, 5) is 36.4. The summed E-state index contributed by atoms with van der Waals surface area (Å²) < 4.78 is 5.53. The molecule has 0 atom stereocenters. The number of carbonyl (C=O) groups excluding carboxylic acids is 2. The summed E-state index contributed by atoms with van der Waals surface area (Å²) in [6.07, 6.45) is 4.70. The van der Waals surface area contributed by atoms with Crippen molar-refractivity contribution >= 4 is 17.6 Å². The lowest BCUT2D eigenvalue weighted by Crippen LogP contribution is -2.36. The SMILES string of the molecule is Cc1cc(C(=O)N2CCCN(c3ncccc3C(=O)N3CCCC3)CC2)c(C)o1. The average Bonchev–Trinajstić information content (AvgIpc) is 3.30. The molecular weight excluding hydrogens is 368 g/mol. The Labute approximate surface area is 171 Å². The molecule has 0 bridgehead atoms. The zero-order chi connectivity index (χ0) is 20.4. The molecule has 29 heavy (non-hydrogen) atoms. The third-order valence-corrected chi connectivity index (χ3v) is 5.76. The molecule has 0 radical (unpaired) electrons. The van der Waals surface area contributed by atoms with Crippen LogP contribution >= 0.6 is 0 Å². The zero-order valence-corrected chi connectivity index (χ0v) is 17.2. The van der Waals surface area contributed by atoms with Gasteiger partial charge in [-0.25, -0.2) is 4.98 Å². The molecule has 0 unspecified atom stereocenters. The highest BCUT2D eigenvalue weighted by atomic mass is 16.3. The van der Waals surface area contributed by atoms with Gasteiger partial charge < -0.3 is 19.1 Å². The molecule has 2 amide bonds. The second kappa shape index (κ2) is 8.27. The summed E-state index contributed by atoms with van der Waals surface area (Å²) in [6.45, 7) is 8.02. The van der Waals surface area contributed by atoms with Gasteiger partial charge in [-0.2, -0.15) is 0 Å². The molecule has 0 saturated carbocycles. The van der Waals surface area contributed by atoms with Crippen molar-refractivity contribution in [2.75, 3.05) is 44.2 Å². The van der Waals surface area contributed by atoms with Crippen molar-refractivity contribution in [3.63, 3.8) is 0 Å². The van der Waals surface area contributed by atoms with Gasteiger partial charge in [0.25, 0.3) is 11.8 Å². The summed E-state index contributed by atoms with van der Waals surface area (Å²) in [7, 11) is 0. The Balaban J connectivity index is 1.50. The molecule has 7 nitrogen and oxygen atoms in total. The summed E-state index contributed by atoms with van der Waals surface area (Å²) in [5, 5.41) is 0. The van der Waals surface area contributed by atoms with Gasteiger partial charge in [0.2, 0.25) is 0 Å². The van der Waals surface area contributed by atoms with Gasteiger partial charge in [0.1, 0.15) is 17.3 Å².